The van der Waals surface area contributed by atoms with Crippen molar-refractivity contribution in [1.29, 1.82) is 0 Å². The molecule has 134 valence electrons. The predicted molar refractivity (Wildman–Crippen MR) is 107 cm³/mol. The average Bonchev–Trinajstić information content (AvgIpc) is 2.63. The van der Waals surface area contributed by atoms with Crippen LogP contribution in [0.4, 0.5) is 0 Å². The van der Waals surface area contributed by atoms with Gasteiger partial charge in [-0.05, 0) is 66.7 Å². The Bertz CT molecular complexity index is 638. The predicted octanol–water partition coefficient (Wildman–Crippen LogP) is 7.01. The molecule has 4 heteroatoms. The Balaban J connectivity index is 1.73. The lowest BCUT2D eigenvalue weighted by molar-refractivity contribution is 0.108. The van der Waals surface area contributed by atoms with E-state index in [0.717, 1.165) is 23.7 Å². The molecule has 0 atom stereocenters. The minimum absolute atomic E-state index is 0.0183. The van der Waals surface area contributed by atoms with Gasteiger partial charge in [0.2, 0.25) is 5.12 Å². The molecule has 0 aliphatic heterocycles. The third kappa shape index (κ3) is 7.54. The van der Waals surface area contributed by atoms with Gasteiger partial charge in [0.25, 0.3) is 0 Å². The molecule has 2 aromatic carbocycles. The molecule has 25 heavy (non-hydrogen) atoms. The smallest absolute Gasteiger partial charge is 0.224 e. The van der Waals surface area contributed by atoms with Crippen LogP contribution in [-0.2, 0) is 0 Å². The summed E-state index contributed by atoms with van der Waals surface area (Å²) in [6.45, 7) is 2.96. The fourth-order valence-corrected chi connectivity index (χ4v) is 3.29. The number of unbranched alkanes of at least 4 members (excludes halogenated alkanes) is 5. The Kier molecular flexibility index (Phi) is 8.92. The molecule has 0 unspecified atom stereocenters. The van der Waals surface area contributed by atoms with Crippen LogP contribution in [-0.4, -0.2) is 11.7 Å². The number of carbonyl (C=O) groups excluding carboxylic acids is 1. The van der Waals surface area contributed by atoms with E-state index < -0.39 is 0 Å². The summed E-state index contributed by atoms with van der Waals surface area (Å²) >= 11 is 7.06. The summed E-state index contributed by atoms with van der Waals surface area (Å²) in [5.41, 5.74) is 0.673. The van der Waals surface area contributed by atoms with Crippen LogP contribution in [0.3, 0.4) is 0 Å². The summed E-state index contributed by atoms with van der Waals surface area (Å²) in [4.78, 5) is 13.2. The average molecular weight is 377 g/mol. The first-order valence-corrected chi connectivity index (χ1v) is 10.1. The maximum Gasteiger partial charge on any atom is 0.224 e. The SMILES string of the molecule is CCCCCCCCOc1ccc(C(=O)Sc2ccc(Cl)cc2)cc1. The third-order valence-corrected chi connectivity index (χ3v) is 5.06. The maximum absolute atomic E-state index is 12.3. The number of rotatable bonds is 10. The number of hydrogen-bond donors (Lipinski definition) is 0. The number of benzene rings is 2. The van der Waals surface area contributed by atoms with Crippen LogP contribution in [0.25, 0.3) is 0 Å². The first-order chi connectivity index (χ1) is 12.2. The summed E-state index contributed by atoms with van der Waals surface area (Å²) in [5.74, 6) is 0.821. The fourth-order valence-electron chi connectivity index (χ4n) is 2.43. The lowest BCUT2D eigenvalue weighted by Gasteiger charge is -2.07. The summed E-state index contributed by atoms with van der Waals surface area (Å²) < 4.78 is 5.75. The van der Waals surface area contributed by atoms with E-state index >= 15 is 0 Å². The standard InChI is InChI=1S/C21H25ClO2S/c1-2-3-4-5-6-7-16-24-19-12-8-17(9-13-19)21(23)25-20-14-10-18(22)11-15-20/h8-15H,2-7,16H2,1H3. The Morgan fingerprint density at radius 1 is 0.920 bits per heavy atom. The van der Waals surface area contributed by atoms with Crippen molar-refractivity contribution < 1.29 is 9.53 Å². The van der Waals surface area contributed by atoms with E-state index in [1.54, 1.807) is 12.1 Å². The summed E-state index contributed by atoms with van der Waals surface area (Å²) in [7, 11) is 0. The molecule has 2 rings (SSSR count). The van der Waals surface area contributed by atoms with Crippen molar-refractivity contribution in [2.75, 3.05) is 6.61 Å². The fraction of sp³-hybridized carbons (Fsp3) is 0.381. The topological polar surface area (TPSA) is 26.3 Å². The highest BCUT2D eigenvalue weighted by molar-refractivity contribution is 8.14. The van der Waals surface area contributed by atoms with Gasteiger partial charge in [0.05, 0.1) is 6.61 Å². The molecule has 0 amide bonds. The molecular weight excluding hydrogens is 352 g/mol. The molecule has 0 aromatic heterocycles. The molecule has 0 saturated carbocycles. The number of halogens is 1. The molecule has 0 bridgehead atoms. The van der Waals surface area contributed by atoms with Crippen LogP contribution in [0.2, 0.25) is 5.02 Å². The van der Waals surface area contributed by atoms with Gasteiger partial charge in [-0.25, -0.2) is 0 Å². The summed E-state index contributed by atoms with van der Waals surface area (Å²) in [6.07, 6.45) is 7.50. The van der Waals surface area contributed by atoms with Gasteiger partial charge in [0.15, 0.2) is 0 Å². The van der Waals surface area contributed by atoms with Crippen LogP contribution >= 0.6 is 23.4 Å². The van der Waals surface area contributed by atoms with Gasteiger partial charge in [-0.3, -0.25) is 4.79 Å². The van der Waals surface area contributed by atoms with Crippen LogP contribution in [0, 0.1) is 0 Å². The van der Waals surface area contributed by atoms with Crippen LogP contribution in [0.1, 0.15) is 55.8 Å². The monoisotopic (exact) mass is 376 g/mol. The first-order valence-electron chi connectivity index (χ1n) is 8.89. The van der Waals surface area contributed by atoms with E-state index in [9.17, 15) is 4.79 Å². The van der Waals surface area contributed by atoms with Crippen molar-refractivity contribution in [3.63, 3.8) is 0 Å². The van der Waals surface area contributed by atoms with Gasteiger partial charge >= 0.3 is 0 Å². The molecule has 2 nitrogen and oxygen atoms in total. The normalized spacial score (nSPS) is 10.6. The Labute approximate surface area is 159 Å². The Morgan fingerprint density at radius 3 is 2.24 bits per heavy atom. The molecule has 0 saturated heterocycles. The third-order valence-electron chi connectivity index (χ3n) is 3.88. The van der Waals surface area contributed by atoms with Crippen molar-refractivity contribution >= 4 is 28.5 Å². The highest BCUT2D eigenvalue weighted by Crippen LogP contribution is 2.25. The van der Waals surface area contributed by atoms with Gasteiger partial charge < -0.3 is 4.74 Å². The zero-order chi connectivity index (χ0) is 17.9. The zero-order valence-electron chi connectivity index (χ0n) is 14.7. The Hall–Kier alpha value is -1.45. The highest BCUT2D eigenvalue weighted by Gasteiger charge is 2.08. The van der Waals surface area contributed by atoms with Crippen LogP contribution in [0.15, 0.2) is 53.4 Å². The number of ether oxygens (including phenoxy) is 1. The quantitative estimate of drug-likeness (QED) is 0.329. The van der Waals surface area contributed by atoms with E-state index in [-0.39, 0.29) is 5.12 Å². The minimum atomic E-state index is 0.0183. The highest BCUT2D eigenvalue weighted by atomic mass is 35.5. The van der Waals surface area contributed by atoms with Crippen molar-refractivity contribution in [2.24, 2.45) is 0 Å². The van der Waals surface area contributed by atoms with Gasteiger partial charge in [0, 0.05) is 15.5 Å². The van der Waals surface area contributed by atoms with E-state index in [1.807, 2.05) is 36.4 Å². The molecule has 0 aliphatic carbocycles. The maximum atomic E-state index is 12.3. The van der Waals surface area contributed by atoms with E-state index in [4.69, 9.17) is 16.3 Å². The van der Waals surface area contributed by atoms with Crippen molar-refractivity contribution in [1.82, 2.24) is 0 Å². The van der Waals surface area contributed by atoms with E-state index in [0.29, 0.717) is 10.6 Å². The lowest BCUT2D eigenvalue weighted by Crippen LogP contribution is -1.98. The van der Waals surface area contributed by atoms with Gasteiger partial charge in [-0.1, -0.05) is 50.6 Å². The van der Waals surface area contributed by atoms with Gasteiger partial charge in [-0.2, -0.15) is 0 Å². The zero-order valence-corrected chi connectivity index (χ0v) is 16.2. The number of carbonyl (C=O) groups is 1. The Morgan fingerprint density at radius 2 is 1.56 bits per heavy atom. The molecule has 0 radical (unpaired) electrons. The molecule has 2 aromatic rings. The summed E-state index contributed by atoms with van der Waals surface area (Å²) in [5, 5.41) is 0.688. The van der Waals surface area contributed by atoms with Crippen LogP contribution < -0.4 is 4.74 Å². The second-order valence-electron chi connectivity index (χ2n) is 5.98. The molecule has 0 aliphatic rings. The van der Waals surface area contributed by atoms with Crippen molar-refractivity contribution in [2.45, 2.75) is 50.3 Å². The lowest BCUT2D eigenvalue weighted by atomic mass is 10.1. The first kappa shape index (κ1) is 19.9. The molecule has 0 spiro atoms. The molecule has 0 N–H and O–H groups in total. The molecule has 0 heterocycles. The summed E-state index contributed by atoms with van der Waals surface area (Å²) in [6, 6.07) is 14.7. The van der Waals surface area contributed by atoms with E-state index in [1.165, 1.54) is 43.9 Å². The molecular formula is C21H25ClO2S. The molecule has 0 fully saturated rings. The minimum Gasteiger partial charge on any atom is -0.494 e. The number of hydrogen-bond acceptors (Lipinski definition) is 3. The second kappa shape index (κ2) is 11.2. The van der Waals surface area contributed by atoms with Crippen molar-refractivity contribution in [3.8, 4) is 5.75 Å². The van der Waals surface area contributed by atoms with Gasteiger partial charge in [0.1, 0.15) is 5.75 Å². The van der Waals surface area contributed by atoms with E-state index in [2.05, 4.69) is 6.92 Å². The van der Waals surface area contributed by atoms with Gasteiger partial charge in [-0.15, -0.1) is 0 Å². The van der Waals surface area contributed by atoms with Crippen LogP contribution in [0.5, 0.6) is 5.75 Å². The largest absolute Gasteiger partial charge is 0.494 e. The number of thioether (sulfide) groups is 1. The van der Waals surface area contributed by atoms with Crippen molar-refractivity contribution in [3.05, 3.63) is 59.1 Å². The second-order valence-corrected chi connectivity index (χ2v) is 7.47.